The fourth-order valence-corrected chi connectivity index (χ4v) is 5.74. The second kappa shape index (κ2) is 6.83. The number of nitrogens with one attached hydrogen (secondary N) is 1. The molecule has 2 aliphatic rings. The van der Waals surface area contributed by atoms with Crippen molar-refractivity contribution in [1.82, 2.24) is 13.6 Å². The van der Waals surface area contributed by atoms with Crippen molar-refractivity contribution >= 4 is 26.7 Å². The zero-order valence-electron chi connectivity index (χ0n) is 15.5. The van der Waals surface area contributed by atoms with E-state index in [1.165, 1.54) is 16.5 Å². The van der Waals surface area contributed by atoms with Crippen LogP contribution in [-0.4, -0.2) is 48.2 Å². The zero-order valence-corrected chi connectivity index (χ0v) is 16.3. The Morgan fingerprint density at radius 1 is 1.08 bits per heavy atom. The molecule has 0 atom stereocenters. The van der Waals surface area contributed by atoms with Crippen molar-refractivity contribution in [2.45, 2.75) is 33.1 Å². The van der Waals surface area contributed by atoms with Gasteiger partial charge in [0.05, 0.1) is 0 Å². The first kappa shape index (κ1) is 17.8. The number of aromatic amines is 1. The van der Waals surface area contributed by atoms with Crippen molar-refractivity contribution < 1.29 is 8.42 Å². The summed E-state index contributed by atoms with van der Waals surface area (Å²) in [5.41, 5.74) is 4.78. The monoisotopic (exact) mass is 373 g/mol. The van der Waals surface area contributed by atoms with E-state index < -0.39 is 10.2 Å². The van der Waals surface area contributed by atoms with Gasteiger partial charge in [-0.05, 0) is 43.7 Å². The number of hydrogen-bond acceptors (Lipinski definition) is 2. The molecule has 140 valence electrons. The first-order valence-electron chi connectivity index (χ1n) is 9.49. The molecule has 0 unspecified atom stereocenters. The number of aryl methyl sites for hydroxylation is 1. The summed E-state index contributed by atoms with van der Waals surface area (Å²) < 4.78 is 29.2. The topological polar surface area (TPSA) is 56.4 Å². The lowest BCUT2D eigenvalue weighted by Gasteiger charge is -2.35. The van der Waals surface area contributed by atoms with Crippen LogP contribution in [0.4, 0.5) is 0 Å². The van der Waals surface area contributed by atoms with Gasteiger partial charge in [-0.15, -0.1) is 0 Å². The van der Waals surface area contributed by atoms with Crippen LogP contribution in [0.5, 0.6) is 0 Å². The van der Waals surface area contributed by atoms with Crippen LogP contribution in [0.25, 0.3) is 16.5 Å². The summed E-state index contributed by atoms with van der Waals surface area (Å²) in [4.78, 5) is 3.44. The zero-order chi connectivity index (χ0) is 18.3. The Hall–Kier alpha value is -1.63. The normalized spacial score (nSPS) is 21.2. The van der Waals surface area contributed by atoms with Gasteiger partial charge in [-0.2, -0.15) is 17.0 Å². The number of fused-ring (bicyclic) bond motifs is 1. The second-order valence-corrected chi connectivity index (χ2v) is 9.53. The van der Waals surface area contributed by atoms with E-state index in [2.05, 4.69) is 43.1 Å². The fourth-order valence-electron chi connectivity index (χ4n) is 4.16. The summed E-state index contributed by atoms with van der Waals surface area (Å²) in [6.45, 7) is 6.61. The lowest BCUT2D eigenvalue weighted by molar-refractivity contribution is 0.267. The maximum Gasteiger partial charge on any atom is 0.282 e. The molecule has 0 aliphatic carbocycles. The molecule has 1 fully saturated rings. The molecule has 6 heteroatoms. The average Bonchev–Trinajstić information content (AvgIpc) is 2.98. The van der Waals surface area contributed by atoms with Gasteiger partial charge in [0.1, 0.15) is 0 Å². The van der Waals surface area contributed by atoms with Crippen LogP contribution in [0, 0.1) is 12.8 Å². The lowest BCUT2D eigenvalue weighted by atomic mass is 9.97. The van der Waals surface area contributed by atoms with Crippen LogP contribution in [0.1, 0.15) is 37.4 Å². The Morgan fingerprint density at radius 3 is 2.50 bits per heavy atom. The van der Waals surface area contributed by atoms with Crippen LogP contribution in [0.15, 0.2) is 30.3 Å². The van der Waals surface area contributed by atoms with Crippen LogP contribution in [0.3, 0.4) is 0 Å². The largest absolute Gasteiger partial charge is 0.358 e. The molecule has 0 bridgehead atoms. The number of hydrogen-bond donors (Lipinski definition) is 1. The van der Waals surface area contributed by atoms with Crippen molar-refractivity contribution in [2.75, 3.05) is 26.2 Å². The molecule has 1 aromatic carbocycles. The Morgan fingerprint density at radius 2 is 1.81 bits per heavy atom. The highest BCUT2D eigenvalue weighted by Crippen LogP contribution is 2.33. The number of rotatable bonds is 3. The van der Waals surface area contributed by atoms with Crippen LogP contribution >= 0.6 is 0 Å². The highest BCUT2D eigenvalue weighted by Gasteiger charge is 2.33. The molecule has 2 aliphatic heterocycles. The Balaban J connectivity index is 1.55. The predicted molar refractivity (Wildman–Crippen MR) is 106 cm³/mol. The molecule has 3 heterocycles. The number of aromatic nitrogens is 1. The summed E-state index contributed by atoms with van der Waals surface area (Å²) in [5.74, 6) is 0.624. The third-order valence-electron chi connectivity index (χ3n) is 5.78. The molecular weight excluding hydrogens is 346 g/mol. The van der Waals surface area contributed by atoms with Gasteiger partial charge in [-0.25, -0.2) is 0 Å². The Kier molecular flexibility index (Phi) is 4.67. The maximum atomic E-state index is 12.9. The minimum absolute atomic E-state index is 0.461. The van der Waals surface area contributed by atoms with Crippen LogP contribution in [0.2, 0.25) is 0 Å². The second-order valence-electron chi connectivity index (χ2n) is 7.60. The Bertz CT molecular complexity index is 937. The summed E-state index contributed by atoms with van der Waals surface area (Å²) in [6, 6.07) is 8.30. The van der Waals surface area contributed by atoms with E-state index in [0.29, 0.717) is 32.1 Å². The molecule has 5 nitrogen and oxygen atoms in total. The predicted octanol–water partition coefficient (Wildman–Crippen LogP) is 3.54. The summed E-state index contributed by atoms with van der Waals surface area (Å²) in [5, 5.41) is 1.22. The van der Waals surface area contributed by atoms with Crippen molar-refractivity contribution in [2.24, 2.45) is 5.92 Å². The average molecular weight is 374 g/mol. The highest BCUT2D eigenvalue weighted by molar-refractivity contribution is 7.86. The van der Waals surface area contributed by atoms with Gasteiger partial charge in [0, 0.05) is 48.3 Å². The molecule has 2 aromatic rings. The molecular formula is C20H27N3O2S. The standard InChI is InChI=1S/C20H27N3O2S/c1-15-7-11-22(12-8-15)26(24,25)23-13-9-17(10-14-23)20-16(2)21-19-6-4-3-5-18(19)20/h3-6,9,15,21H,7-8,10-14H2,1-2H3. The van der Waals surface area contributed by atoms with E-state index >= 15 is 0 Å². The SMILES string of the molecule is Cc1[nH]c2ccccc2c1C1=CCN(S(=O)(=O)N2CCC(C)CC2)CC1. The van der Waals surface area contributed by atoms with Crippen molar-refractivity contribution in [3.05, 3.63) is 41.6 Å². The minimum atomic E-state index is -3.34. The molecule has 26 heavy (non-hydrogen) atoms. The molecule has 0 amide bonds. The molecule has 0 spiro atoms. The Labute approximate surface area is 155 Å². The van der Waals surface area contributed by atoms with Gasteiger partial charge >= 0.3 is 0 Å². The van der Waals surface area contributed by atoms with Gasteiger partial charge in [0.25, 0.3) is 10.2 Å². The number of para-hydroxylation sites is 1. The van der Waals surface area contributed by atoms with Gasteiger partial charge in [-0.1, -0.05) is 31.2 Å². The summed E-state index contributed by atoms with van der Waals surface area (Å²) in [7, 11) is -3.34. The minimum Gasteiger partial charge on any atom is -0.358 e. The number of H-pyrrole nitrogens is 1. The summed E-state index contributed by atoms with van der Waals surface area (Å²) in [6.07, 6.45) is 4.77. The number of piperidine rings is 1. The van der Waals surface area contributed by atoms with E-state index in [1.807, 2.05) is 6.07 Å². The van der Waals surface area contributed by atoms with E-state index in [1.54, 1.807) is 8.61 Å². The summed E-state index contributed by atoms with van der Waals surface area (Å²) >= 11 is 0. The third kappa shape index (κ3) is 3.10. The molecule has 0 radical (unpaired) electrons. The van der Waals surface area contributed by atoms with E-state index in [4.69, 9.17) is 0 Å². The van der Waals surface area contributed by atoms with Gasteiger partial charge < -0.3 is 4.98 Å². The maximum absolute atomic E-state index is 12.9. The smallest absolute Gasteiger partial charge is 0.282 e. The van der Waals surface area contributed by atoms with E-state index in [-0.39, 0.29) is 0 Å². The molecule has 1 N–H and O–H groups in total. The molecule has 1 aromatic heterocycles. The van der Waals surface area contributed by atoms with Crippen LogP contribution < -0.4 is 0 Å². The number of nitrogens with zero attached hydrogens (tertiary/aromatic N) is 2. The molecule has 4 rings (SSSR count). The quantitative estimate of drug-likeness (QED) is 0.895. The van der Waals surface area contributed by atoms with Gasteiger partial charge in [0.2, 0.25) is 0 Å². The fraction of sp³-hybridized carbons (Fsp3) is 0.500. The lowest BCUT2D eigenvalue weighted by Crippen LogP contribution is -2.48. The van der Waals surface area contributed by atoms with Crippen molar-refractivity contribution in [3.8, 4) is 0 Å². The van der Waals surface area contributed by atoms with E-state index in [0.717, 1.165) is 30.5 Å². The van der Waals surface area contributed by atoms with Gasteiger partial charge in [-0.3, -0.25) is 0 Å². The van der Waals surface area contributed by atoms with Crippen LogP contribution in [-0.2, 0) is 10.2 Å². The first-order chi connectivity index (χ1) is 12.5. The van der Waals surface area contributed by atoms with Gasteiger partial charge in [0.15, 0.2) is 0 Å². The third-order valence-corrected chi connectivity index (χ3v) is 7.78. The number of benzene rings is 1. The highest BCUT2D eigenvalue weighted by atomic mass is 32.2. The van der Waals surface area contributed by atoms with Crippen molar-refractivity contribution in [3.63, 3.8) is 0 Å². The van der Waals surface area contributed by atoms with E-state index in [9.17, 15) is 8.42 Å². The van der Waals surface area contributed by atoms with Crippen molar-refractivity contribution in [1.29, 1.82) is 0 Å². The molecule has 1 saturated heterocycles. The first-order valence-corrected chi connectivity index (χ1v) is 10.9. The molecule has 0 saturated carbocycles.